The molecule has 0 unspecified atom stereocenters. The molecular weight excluding hydrogens is 240 g/mol. The molecule has 1 aliphatic heterocycles. The fourth-order valence-corrected chi connectivity index (χ4v) is 2.26. The maximum atomic E-state index is 11.1. The molecule has 4 heteroatoms. The molecule has 1 heterocycles. The highest BCUT2D eigenvalue weighted by atomic mass is 35.5. The van der Waals surface area contributed by atoms with Gasteiger partial charge in [-0.05, 0) is 26.0 Å². The van der Waals surface area contributed by atoms with Crippen molar-refractivity contribution in [2.24, 2.45) is 0 Å². The van der Waals surface area contributed by atoms with Crippen molar-refractivity contribution in [3.63, 3.8) is 0 Å². The van der Waals surface area contributed by atoms with E-state index in [4.69, 9.17) is 21.1 Å². The number of halogens is 1. The van der Waals surface area contributed by atoms with E-state index < -0.39 is 5.60 Å². The van der Waals surface area contributed by atoms with Crippen molar-refractivity contribution in [3.8, 4) is 11.5 Å². The van der Waals surface area contributed by atoms with E-state index in [-0.39, 0.29) is 0 Å². The standard InChI is InChI=1S/C13H13ClO3/c1-13(2)10(7-15)12(14)9-5-4-8(16-3)6-11(9)17-13/h4-7H,1-3H3. The van der Waals surface area contributed by atoms with Gasteiger partial charge in [0.15, 0.2) is 6.29 Å². The third-order valence-electron chi connectivity index (χ3n) is 2.79. The Kier molecular flexibility index (Phi) is 2.87. The topological polar surface area (TPSA) is 35.5 Å². The molecule has 2 rings (SSSR count). The largest absolute Gasteiger partial charge is 0.497 e. The average molecular weight is 253 g/mol. The van der Waals surface area contributed by atoms with Crippen molar-refractivity contribution in [3.05, 3.63) is 29.3 Å². The van der Waals surface area contributed by atoms with Crippen molar-refractivity contribution in [2.45, 2.75) is 19.4 Å². The molecule has 0 saturated heterocycles. The lowest BCUT2D eigenvalue weighted by molar-refractivity contribution is -0.106. The predicted octanol–water partition coefficient (Wildman–Crippen LogP) is 3.02. The summed E-state index contributed by atoms with van der Waals surface area (Å²) in [5.74, 6) is 1.32. The molecule has 0 radical (unpaired) electrons. The first kappa shape index (κ1) is 12.0. The highest BCUT2D eigenvalue weighted by Crippen LogP contribution is 2.43. The number of hydrogen-bond donors (Lipinski definition) is 0. The zero-order chi connectivity index (χ0) is 12.6. The molecule has 0 atom stereocenters. The van der Waals surface area contributed by atoms with Crippen LogP contribution in [0, 0.1) is 0 Å². The third kappa shape index (κ3) is 1.91. The average Bonchev–Trinajstić information content (AvgIpc) is 2.27. The minimum Gasteiger partial charge on any atom is -0.497 e. The molecule has 0 N–H and O–H groups in total. The van der Waals surface area contributed by atoms with Crippen LogP contribution in [0.5, 0.6) is 11.5 Å². The van der Waals surface area contributed by atoms with Gasteiger partial charge in [0.1, 0.15) is 17.1 Å². The van der Waals surface area contributed by atoms with Crippen molar-refractivity contribution < 1.29 is 14.3 Å². The first-order chi connectivity index (χ1) is 7.99. The molecular formula is C13H13ClO3. The van der Waals surface area contributed by atoms with Gasteiger partial charge in [-0.2, -0.15) is 0 Å². The summed E-state index contributed by atoms with van der Waals surface area (Å²) < 4.78 is 10.9. The molecule has 0 aromatic heterocycles. The molecule has 1 aromatic carbocycles. The number of fused-ring (bicyclic) bond motifs is 1. The molecule has 0 fully saturated rings. The Bertz CT molecular complexity index is 503. The second kappa shape index (κ2) is 4.08. The van der Waals surface area contributed by atoms with Crippen LogP contribution in [0.25, 0.3) is 5.03 Å². The van der Waals surface area contributed by atoms with Crippen molar-refractivity contribution in [2.75, 3.05) is 7.11 Å². The van der Waals surface area contributed by atoms with Crippen LogP contribution >= 0.6 is 11.6 Å². The quantitative estimate of drug-likeness (QED) is 0.759. The van der Waals surface area contributed by atoms with E-state index in [0.29, 0.717) is 27.7 Å². The second-order valence-electron chi connectivity index (χ2n) is 4.32. The van der Waals surface area contributed by atoms with Crippen LogP contribution in [0.2, 0.25) is 0 Å². The van der Waals surface area contributed by atoms with E-state index >= 15 is 0 Å². The lowest BCUT2D eigenvalue weighted by atomic mass is 9.93. The fourth-order valence-electron chi connectivity index (χ4n) is 1.83. The van der Waals surface area contributed by atoms with Gasteiger partial charge in [0.2, 0.25) is 0 Å². The predicted molar refractivity (Wildman–Crippen MR) is 66.5 cm³/mol. The number of carbonyl (C=O) groups excluding carboxylic acids is 1. The Hall–Kier alpha value is -1.48. The van der Waals surface area contributed by atoms with Crippen LogP contribution in [0.4, 0.5) is 0 Å². The van der Waals surface area contributed by atoms with Crippen LogP contribution in [0.1, 0.15) is 19.4 Å². The summed E-state index contributed by atoms with van der Waals surface area (Å²) in [6.45, 7) is 3.61. The Balaban J connectivity index is 2.62. The first-order valence-electron chi connectivity index (χ1n) is 5.22. The Labute approximate surface area is 105 Å². The lowest BCUT2D eigenvalue weighted by Crippen LogP contribution is -2.34. The molecule has 0 saturated carbocycles. The molecule has 0 amide bonds. The van der Waals surface area contributed by atoms with Crippen LogP contribution in [-0.4, -0.2) is 19.0 Å². The third-order valence-corrected chi connectivity index (χ3v) is 3.20. The van der Waals surface area contributed by atoms with Gasteiger partial charge >= 0.3 is 0 Å². The van der Waals surface area contributed by atoms with E-state index in [2.05, 4.69) is 0 Å². The van der Waals surface area contributed by atoms with Crippen LogP contribution in [-0.2, 0) is 4.79 Å². The van der Waals surface area contributed by atoms with Crippen molar-refractivity contribution in [1.82, 2.24) is 0 Å². The number of rotatable bonds is 2. The van der Waals surface area contributed by atoms with Crippen LogP contribution in [0.15, 0.2) is 23.8 Å². The molecule has 17 heavy (non-hydrogen) atoms. The number of methoxy groups -OCH3 is 1. The molecule has 0 bridgehead atoms. The SMILES string of the molecule is COc1ccc2c(c1)OC(C)(C)C(C=O)=C2Cl. The number of aldehydes is 1. The van der Waals surface area contributed by atoms with E-state index in [1.54, 1.807) is 25.3 Å². The van der Waals surface area contributed by atoms with Gasteiger partial charge in [0.05, 0.1) is 17.7 Å². The van der Waals surface area contributed by atoms with Gasteiger partial charge in [0.25, 0.3) is 0 Å². The van der Waals surface area contributed by atoms with E-state index in [1.165, 1.54) is 0 Å². The van der Waals surface area contributed by atoms with Gasteiger partial charge in [0, 0.05) is 11.6 Å². The monoisotopic (exact) mass is 252 g/mol. The van der Waals surface area contributed by atoms with Crippen LogP contribution < -0.4 is 9.47 Å². The first-order valence-corrected chi connectivity index (χ1v) is 5.60. The maximum Gasteiger partial charge on any atom is 0.151 e. The molecule has 3 nitrogen and oxygen atoms in total. The summed E-state index contributed by atoms with van der Waals surface area (Å²) >= 11 is 6.22. The summed E-state index contributed by atoms with van der Waals surface area (Å²) in [5.41, 5.74) is 0.448. The van der Waals surface area contributed by atoms with Gasteiger partial charge in [-0.1, -0.05) is 11.6 Å². The normalized spacial score (nSPS) is 17.2. The Morgan fingerprint density at radius 1 is 1.41 bits per heavy atom. The van der Waals surface area contributed by atoms with Gasteiger partial charge in [-0.25, -0.2) is 0 Å². The molecule has 1 aliphatic rings. The Morgan fingerprint density at radius 3 is 2.71 bits per heavy atom. The summed E-state index contributed by atoms with van der Waals surface area (Å²) in [4.78, 5) is 11.1. The Morgan fingerprint density at radius 2 is 2.12 bits per heavy atom. The van der Waals surface area contributed by atoms with Gasteiger partial charge in [-0.15, -0.1) is 0 Å². The second-order valence-corrected chi connectivity index (χ2v) is 4.70. The number of benzene rings is 1. The number of carbonyl (C=O) groups is 1. The highest BCUT2D eigenvalue weighted by molar-refractivity contribution is 6.51. The highest BCUT2D eigenvalue weighted by Gasteiger charge is 2.34. The summed E-state index contributed by atoms with van der Waals surface area (Å²) in [6, 6.07) is 5.33. The van der Waals surface area contributed by atoms with E-state index in [9.17, 15) is 4.79 Å². The zero-order valence-electron chi connectivity index (χ0n) is 9.91. The number of hydrogen-bond acceptors (Lipinski definition) is 3. The molecule has 0 spiro atoms. The summed E-state index contributed by atoms with van der Waals surface area (Å²) in [5, 5.41) is 0.439. The van der Waals surface area contributed by atoms with Crippen molar-refractivity contribution in [1.29, 1.82) is 0 Å². The minimum absolute atomic E-state index is 0.439. The molecule has 90 valence electrons. The zero-order valence-corrected chi connectivity index (χ0v) is 10.7. The molecule has 0 aliphatic carbocycles. The lowest BCUT2D eigenvalue weighted by Gasteiger charge is -2.33. The smallest absolute Gasteiger partial charge is 0.151 e. The summed E-state index contributed by atoms with van der Waals surface area (Å²) in [6.07, 6.45) is 0.746. The molecule has 1 aromatic rings. The van der Waals surface area contributed by atoms with Gasteiger partial charge < -0.3 is 9.47 Å². The van der Waals surface area contributed by atoms with Crippen LogP contribution in [0.3, 0.4) is 0 Å². The van der Waals surface area contributed by atoms with E-state index in [1.807, 2.05) is 13.8 Å². The van der Waals surface area contributed by atoms with Gasteiger partial charge in [-0.3, -0.25) is 4.79 Å². The number of ether oxygens (including phenoxy) is 2. The fraction of sp³-hybridized carbons (Fsp3) is 0.308. The van der Waals surface area contributed by atoms with E-state index in [0.717, 1.165) is 6.29 Å². The maximum absolute atomic E-state index is 11.1. The van der Waals surface area contributed by atoms with Crippen molar-refractivity contribution >= 4 is 22.9 Å². The minimum atomic E-state index is -0.724. The summed E-state index contributed by atoms with van der Waals surface area (Å²) in [7, 11) is 1.59.